The topological polar surface area (TPSA) is 140 Å². The van der Waals surface area contributed by atoms with Gasteiger partial charge in [0.25, 0.3) is 11.8 Å². The quantitative estimate of drug-likeness (QED) is 0.298. The van der Waals surface area contributed by atoms with Gasteiger partial charge in [-0.05, 0) is 56.5 Å². The van der Waals surface area contributed by atoms with E-state index in [2.05, 4.69) is 31.0 Å². The molecule has 4 aromatic rings. The van der Waals surface area contributed by atoms with Gasteiger partial charge < -0.3 is 21.7 Å². The Labute approximate surface area is 208 Å². The maximum absolute atomic E-state index is 12.7. The van der Waals surface area contributed by atoms with Crippen LogP contribution < -0.4 is 21.7 Å². The highest BCUT2D eigenvalue weighted by molar-refractivity contribution is 6.04. The minimum Gasteiger partial charge on any atom is -0.367 e. The number of nitrogens with one attached hydrogen (secondary N) is 3. The van der Waals surface area contributed by atoms with Gasteiger partial charge in [-0.15, -0.1) is 0 Å². The molecule has 1 aliphatic rings. The van der Waals surface area contributed by atoms with E-state index in [-0.39, 0.29) is 11.6 Å². The van der Waals surface area contributed by atoms with Crippen LogP contribution in [0.1, 0.15) is 44.8 Å². The first-order chi connectivity index (χ1) is 17.4. The number of anilines is 4. The fourth-order valence-corrected chi connectivity index (χ4v) is 3.71. The minimum absolute atomic E-state index is 0.0920. The summed E-state index contributed by atoms with van der Waals surface area (Å²) in [6, 6.07) is 16.7. The number of nitrogens with two attached hydrogens (primary N) is 1. The summed E-state index contributed by atoms with van der Waals surface area (Å²) < 4.78 is 1.51. The van der Waals surface area contributed by atoms with E-state index < -0.39 is 5.91 Å². The van der Waals surface area contributed by atoms with Crippen molar-refractivity contribution in [2.45, 2.75) is 32.7 Å². The molecule has 0 aliphatic heterocycles. The Morgan fingerprint density at radius 3 is 2.61 bits per heavy atom. The van der Waals surface area contributed by atoms with Gasteiger partial charge in [0, 0.05) is 35.1 Å². The number of carbonyl (C=O) groups excluding carboxylic acids is 2. The number of carbonyl (C=O) groups is 2. The summed E-state index contributed by atoms with van der Waals surface area (Å²) in [7, 11) is 0. The van der Waals surface area contributed by atoms with Gasteiger partial charge >= 0.3 is 0 Å². The number of primary amides is 1. The van der Waals surface area contributed by atoms with Crippen molar-refractivity contribution < 1.29 is 9.59 Å². The standard InChI is InChI=1S/C26H26N8O2/c1-15-4-3-5-17(10-15)26(36)31-19-7-6-16(2)20(11-19)32-24-12-21(25(27)35)33-34(24)23-13-22(28-14-29-23)30-18-8-9-18/h3-7,10-14,18,32H,8-9H2,1-2H3,(H2,27,35)(H,31,36)(H,28,29,30). The van der Waals surface area contributed by atoms with E-state index in [1.54, 1.807) is 18.2 Å². The molecule has 0 bridgehead atoms. The number of hydrogen-bond donors (Lipinski definition) is 4. The van der Waals surface area contributed by atoms with Crippen LogP contribution in [0.15, 0.2) is 60.9 Å². The Balaban J connectivity index is 1.43. The number of aromatic nitrogens is 4. The first-order valence-electron chi connectivity index (χ1n) is 11.6. The number of amides is 2. The molecule has 0 saturated heterocycles. The highest BCUT2D eigenvalue weighted by atomic mass is 16.2. The Hall–Kier alpha value is -4.73. The molecule has 1 fully saturated rings. The van der Waals surface area contributed by atoms with Crippen LogP contribution in [0.2, 0.25) is 0 Å². The van der Waals surface area contributed by atoms with Gasteiger partial charge in [-0.25, -0.2) is 9.97 Å². The Morgan fingerprint density at radius 2 is 1.86 bits per heavy atom. The van der Waals surface area contributed by atoms with Crippen LogP contribution in [-0.2, 0) is 0 Å². The van der Waals surface area contributed by atoms with Crippen LogP contribution in [0.5, 0.6) is 0 Å². The smallest absolute Gasteiger partial charge is 0.269 e. The average Bonchev–Trinajstić information content (AvgIpc) is 3.56. The molecule has 36 heavy (non-hydrogen) atoms. The summed E-state index contributed by atoms with van der Waals surface area (Å²) in [5, 5.41) is 13.9. The van der Waals surface area contributed by atoms with E-state index >= 15 is 0 Å². The van der Waals surface area contributed by atoms with Gasteiger partial charge in [-0.1, -0.05) is 23.8 Å². The second-order valence-corrected chi connectivity index (χ2v) is 8.85. The highest BCUT2D eigenvalue weighted by Crippen LogP contribution is 2.28. The molecule has 2 aromatic heterocycles. The molecule has 0 atom stereocenters. The maximum Gasteiger partial charge on any atom is 0.269 e. The molecular weight excluding hydrogens is 456 g/mol. The molecule has 10 nitrogen and oxygen atoms in total. The SMILES string of the molecule is Cc1cccc(C(=O)Nc2ccc(C)c(Nc3cc(C(N)=O)nn3-c3cc(NC4CC4)ncn3)c2)c1. The molecule has 2 aromatic carbocycles. The highest BCUT2D eigenvalue weighted by Gasteiger charge is 2.22. The van der Waals surface area contributed by atoms with Gasteiger partial charge in [0.1, 0.15) is 18.0 Å². The Kier molecular flexibility index (Phi) is 6.07. The van der Waals surface area contributed by atoms with Crippen molar-refractivity contribution in [3.8, 4) is 5.82 Å². The largest absolute Gasteiger partial charge is 0.367 e. The second-order valence-electron chi connectivity index (χ2n) is 8.85. The lowest BCUT2D eigenvalue weighted by atomic mass is 10.1. The van der Waals surface area contributed by atoms with Crippen LogP contribution in [0.3, 0.4) is 0 Å². The maximum atomic E-state index is 12.7. The number of hydrogen-bond acceptors (Lipinski definition) is 7. The third-order valence-corrected chi connectivity index (χ3v) is 5.80. The summed E-state index contributed by atoms with van der Waals surface area (Å²) in [4.78, 5) is 33.2. The van der Waals surface area contributed by atoms with Crippen molar-refractivity contribution >= 4 is 34.8 Å². The number of benzene rings is 2. The summed E-state index contributed by atoms with van der Waals surface area (Å²) in [6.07, 6.45) is 3.66. The summed E-state index contributed by atoms with van der Waals surface area (Å²) in [5.74, 6) is 0.792. The van der Waals surface area contributed by atoms with Gasteiger partial charge in [0.15, 0.2) is 11.5 Å². The van der Waals surface area contributed by atoms with Crippen molar-refractivity contribution in [1.29, 1.82) is 0 Å². The van der Waals surface area contributed by atoms with E-state index in [9.17, 15) is 9.59 Å². The Bertz CT molecular complexity index is 1460. The lowest BCUT2D eigenvalue weighted by molar-refractivity contribution is 0.0993. The zero-order valence-corrected chi connectivity index (χ0v) is 19.9. The molecule has 0 radical (unpaired) electrons. The minimum atomic E-state index is -0.655. The zero-order valence-electron chi connectivity index (χ0n) is 19.9. The van der Waals surface area contributed by atoms with Gasteiger partial charge in [0.2, 0.25) is 0 Å². The summed E-state index contributed by atoms with van der Waals surface area (Å²) in [5.41, 5.74) is 9.46. The van der Waals surface area contributed by atoms with E-state index in [4.69, 9.17) is 5.73 Å². The van der Waals surface area contributed by atoms with Crippen molar-refractivity contribution in [1.82, 2.24) is 19.7 Å². The van der Waals surface area contributed by atoms with Crippen LogP contribution in [0.4, 0.5) is 23.0 Å². The van der Waals surface area contributed by atoms with Crippen LogP contribution in [0.25, 0.3) is 5.82 Å². The average molecular weight is 483 g/mol. The molecule has 182 valence electrons. The molecule has 0 spiro atoms. The van der Waals surface area contributed by atoms with Crippen LogP contribution >= 0.6 is 0 Å². The molecular formula is C26H26N8O2. The van der Waals surface area contributed by atoms with E-state index in [0.717, 1.165) is 29.7 Å². The summed E-state index contributed by atoms with van der Waals surface area (Å²) in [6.45, 7) is 3.88. The van der Waals surface area contributed by atoms with Gasteiger partial charge in [-0.3, -0.25) is 9.59 Å². The monoisotopic (exact) mass is 482 g/mol. The number of rotatable bonds is 8. The predicted octanol–water partition coefficient (Wildman–Crippen LogP) is 3.95. The fourth-order valence-electron chi connectivity index (χ4n) is 3.71. The molecule has 10 heteroatoms. The van der Waals surface area contributed by atoms with E-state index in [0.29, 0.717) is 34.7 Å². The van der Waals surface area contributed by atoms with Crippen molar-refractivity contribution in [2.75, 3.05) is 16.0 Å². The molecule has 2 amide bonds. The molecule has 5 rings (SSSR count). The lowest BCUT2D eigenvalue weighted by Crippen LogP contribution is -2.13. The molecule has 2 heterocycles. The molecule has 1 saturated carbocycles. The molecule has 5 N–H and O–H groups in total. The molecule has 1 aliphatic carbocycles. The van der Waals surface area contributed by atoms with Crippen molar-refractivity contribution in [2.24, 2.45) is 5.73 Å². The third kappa shape index (κ3) is 5.17. The summed E-state index contributed by atoms with van der Waals surface area (Å²) >= 11 is 0. The van der Waals surface area contributed by atoms with Crippen molar-refractivity contribution in [3.05, 3.63) is 83.3 Å². The Morgan fingerprint density at radius 1 is 1.03 bits per heavy atom. The van der Waals surface area contributed by atoms with Crippen LogP contribution in [-0.4, -0.2) is 37.6 Å². The first kappa shape index (κ1) is 23.0. The van der Waals surface area contributed by atoms with E-state index in [1.807, 2.05) is 50.2 Å². The van der Waals surface area contributed by atoms with Crippen molar-refractivity contribution in [3.63, 3.8) is 0 Å². The van der Waals surface area contributed by atoms with Gasteiger partial charge in [0.05, 0.1) is 0 Å². The second kappa shape index (κ2) is 9.49. The number of nitrogens with zero attached hydrogens (tertiary/aromatic N) is 4. The third-order valence-electron chi connectivity index (χ3n) is 5.80. The van der Waals surface area contributed by atoms with Crippen LogP contribution in [0, 0.1) is 13.8 Å². The number of aryl methyl sites for hydroxylation is 2. The zero-order chi connectivity index (χ0) is 25.2. The van der Waals surface area contributed by atoms with Gasteiger partial charge in [-0.2, -0.15) is 9.78 Å². The molecule has 0 unspecified atom stereocenters. The lowest BCUT2D eigenvalue weighted by Gasteiger charge is -2.14. The first-order valence-corrected chi connectivity index (χ1v) is 11.6. The fraction of sp³-hybridized carbons (Fsp3) is 0.192. The van der Waals surface area contributed by atoms with E-state index in [1.165, 1.54) is 11.0 Å². The normalized spacial score (nSPS) is 12.7. The predicted molar refractivity (Wildman–Crippen MR) is 138 cm³/mol.